The molecule has 1 aromatic heterocycles. The zero-order valence-corrected chi connectivity index (χ0v) is 7.88. The minimum absolute atomic E-state index is 0.0135. The number of carboxylic acids is 1. The summed E-state index contributed by atoms with van der Waals surface area (Å²) in [7, 11) is 0. The van der Waals surface area contributed by atoms with Crippen LogP contribution in [-0.4, -0.2) is 24.2 Å². The second kappa shape index (κ2) is 3.84. The van der Waals surface area contributed by atoms with Crippen LogP contribution >= 0.6 is 0 Å². The molecule has 14 heavy (non-hydrogen) atoms. The lowest BCUT2D eigenvalue weighted by molar-refractivity contribution is -0.136. The Bertz CT molecular complexity index is 320. The SMILES string of the molecule is O=C(O)Cc1cc2c(o1)CCNCC2. The maximum absolute atomic E-state index is 10.5. The quantitative estimate of drug-likeness (QED) is 0.725. The first-order chi connectivity index (χ1) is 6.75. The number of nitrogens with one attached hydrogen (secondary N) is 1. The van der Waals surface area contributed by atoms with E-state index in [0.717, 1.165) is 37.3 Å². The van der Waals surface area contributed by atoms with E-state index in [4.69, 9.17) is 9.52 Å². The van der Waals surface area contributed by atoms with Crippen molar-refractivity contribution in [2.75, 3.05) is 13.1 Å². The van der Waals surface area contributed by atoms with Gasteiger partial charge in [-0.25, -0.2) is 0 Å². The fourth-order valence-corrected chi connectivity index (χ4v) is 1.74. The number of carboxylic acid groups (broad SMARTS) is 1. The molecule has 1 aromatic rings. The van der Waals surface area contributed by atoms with Gasteiger partial charge in [0, 0.05) is 13.0 Å². The summed E-state index contributed by atoms with van der Waals surface area (Å²) in [4.78, 5) is 10.5. The number of hydrogen-bond donors (Lipinski definition) is 2. The molecule has 0 saturated carbocycles. The Morgan fingerprint density at radius 1 is 1.50 bits per heavy atom. The zero-order chi connectivity index (χ0) is 9.97. The molecule has 0 radical (unpaired) electrons. The highest BCUT2D eigenvalue weighted by Gasteiger charge is 2.14. The molecule has 1 aliphatic heterocycles. The summed E-state index contributed by atoms with van der Waals surface area (Å²) in [6.45, 7) is 1.85. The van der Waals surface area contributed by atoms with E-state index < -0.39 is 5.97 Å². The maximum Gasteiger partial charge on any atom is 0.311 e. The van der Waals surface area contributed by atoms with Crippen LogP contribution < -0.4 is 5.32 Å². The molecule has 1 aliphatic rings. The Morgan fingerprint density at radius 2 is 2.29 bits per heavy atom. The molecule has 0 fully saturated rings. The van der Waals surface area contributed by atoms with Crippen LogP contribution in [0.25, 0.3) is 0 Å². The summed E-state index contributed by atoms with van der Waals surface area (Å²) < 4.78 is 5.48. The van der Waals surface area contributed by atoms with Gasteiger partial charge in [-0.2, -0.15) is 0 Å². The van der Waals surface area contributed by atoms with E-state index in [1.807, 2.05) is 6.07 Å². The summed E-state index contributed by atoms with van der Waals surface area (Å²) in [6.07, 6.45) is 1.77. The van der Waals surface area contributed by atoms with Gasteiger partial charge in [0.2, 0.25) is 0 Å². The van der Waals surface area contributed by atoms with Crippen molar-refractivity contribution in [1.82, 2.24) is 5.32 Å². The lowest BCUT2D eigenvalue weighted by atomic mass is 10.1. The van der Waals surface area contributed by atoms with Gasteiger partial charge in [-0.1, -0.05) is 0 Å². The van der Waals surface area contributed by atoms with E-state index in [-0.39, 0.29) is 6.42 Å². The highest BCUT2D eigenvalue weighted by atomic mass is 16.4. The molecular weight excluding hydrogens is 182 g/mol. The number of fused-ring (bicyclic) bond motifs is 1. The van der Waals surface area contributed by atoms with Gasteiger partial charge in [-0.05, 0) is 24.6 Å². The second-order valence-electron chi connectivity index (χ2n) is 3.48. The summed E-state index contributed by atoms with van der Waals surface area (Å²) in [5.74, 6) is 0.683. The van der Waals surface area contributed by atoms with E-state index in [9.17, 15) is 4.79 Å². The summed E-state index contributed by atoms with van der Waals surface area (Å²) in [5, 5.41) is 11.9. The van der Waals surface area contributed by atoms with Gasteiger partial charge < -0.3 is 14.8 Å². The number of aliphatic carboxylic acids is 1. The van der Waals surface area contributed by atoms with E-state index >= 15 is 0 Å². The summed E-state index contributed by atoms with van der Waals surface area (Å²) >= 11 is 0. The minimum atomic E-state index is -0.841. The van der Waals surface area contributed by atoms with Crippen LogP contribution in [0.2, 0.25) is 0 Å². The number of rotatable bonds is 2. The molecule has 0 atom stereocenters. The molecule has 0 unspecified atom stereocenters. The highest BCUT2D eigenvalue weighted by Crippen LogP contribution is 2.18. The number of hydrogen-bond acceptors (Lipinski definition) is 3. The Labute approximate surface area is 81.9 Å². The van der Waals surface area contributed by atoms with Gasteiger partial charge in [0.25, 0.3) is 0 Å². The molecule has 4 nitrogen and oxygen atoms in total. The highest BCUT2D eigenvalue weighted by molar-refractivity contribution is 5.69. The van der Waals surface area contributed by atoms with Crippen LogP contribution in [0.3, 0.4) is 0 Å². The third kappa shape index (κ3) is 1.96. The van der Waals surface area contributed by atoms with Gasteiger partial charge in [-0.3, -0.25) is 4.79 Å². The van der Waals surface area contributed by atoms with Crippen molar-refractivity contribution < 1.29 is 14.3 Å². The second-order valence-corrected chi connectivity index (χ2v) is 3.48. The van der Waals surface area contributed by atoms with Crippen LogP contribution in [0.4, 0.5) is 0 Å². The van der Waals surface area contributed by atoms with Gasteiger partial charge in [0.15, 0.2) is 0 Å². The van der Waals surface area contributed by atoms with Gasteiger partial charge >= 0.3 is 5.97 Å². The third-order valence-electron chi connectivity index (χ3n) is 2.37. The first kappa shape index (κ1) is 9.27. The normalized spacial score (nSPS) is 16.0. The maximum atomic E-state index is 10.5. The standard InChI is InChI=1S/C10H13NO3/c12-10(13)6-8-5-7-1-3-11-4-2-9(7)14-8/h5,11H,1-4,6H2,(H,12,13). The van der Waals surface area contributed by atoms with Crippen LogP contribution in [0, 0.1) is 0 Å². The lowest BCUT2D eigenvalue weighted by Crippen LogP contribution is -2.16. The average Bonchev–Trinajstić information content (AvgIpc) is 2.34. The number of carbonyl (C=O) groups is 1. The molecular formula is C10H13NO3. The Kier molecular flexibility index (Phi) is 2.54. The van der Waals surface area contributed by atoms with Crippen molar-refractivity contribution in [3.8, 4) is 0 Å². The Morgan fingerprint density at radius 3 is 3.07 bits per heavy atom. The van der Waals surface area contributed by atoms with Crippen molar-refractivity contribution in [2.24, 2.45) is 0 Å². The summed E-state index contributed by atoms with van der Waals surface area (Å²) in [5.41, 5.74) is 1.16. The van der Waals surface area contributed by atoms with Crippen LogP contribution in [0.5, 0.6) is 0 Å². The van der Waals surface area contributed by atoms with Crippen LogP contribution in [0.15, 0.2) is 10.5 Å². The van der Waals surface area contributed by atoms with Gasteiger partial charge in [0.1, 0.15) is 17.9 Å². The molecule has 0 amide bonds. The molecule has 0 aromatic carbocycles. The third-order valence-corrected chi connectivity index (χ3v) is 2.37. The van der Waals surface area contributed by atoms with Gasteiger partial charge in [-0.15, -0.1) is 0 Å². The van der Waals surface area contributed by atoms with E-state index in [0.29, 0.717) is 5.76 Å². The zero-order valence-electron chi connectivity index (χ0n) is 7.88. The van der Waals surface area contributed by atoms with E-state index in [1.165, 1.54) is 0 Å². The Balaban J connectivity index is 2.18. The fourth-order valence-electron chi connectivity index (χ4n) is 1.74. The largest absolute Gasteiger partial charge is 0.481 e. The molecule has 0 saturated heterocycles. The average molecular weight is 195 g/mol. The van der Waals surface area contributed by atoms with Crippen LogP contribution in [0.1, 0.15) is 17.1 Å². The van der Waals surface area contributed by atoms with Crippen molar-refractivity contribution in [3.63, 3.8) is 0 Å². The van der Waals surface area contributed by atoms with Crippen molar-refractivity contribution in [1.29, 1.82) is 0 Å². The van der Waals surface area contributed by atoms with Crippen molar-refractivity contribution in [3.05, 3.63) is 23.2 Å². The van der Waals surface area contributed by atoms with Crippen molar-refractivity contribution >= 4 is 5.97 Å². The lowest BCUT2D eigenvalue weighted by Gasteiger charge is -1.95. The van der Waals surface area contributed by atoms with Gasteiger partial charge in [0.05, 0.1) is 0 Å². The number of furan rings is 1. The van der Waals surface area contributed by atoms with Crippen molar-refractivity contribution in [2.45, 2.75) is 19.3 Å². The Hall–Kier alpha value is -1.29. The fraction of sp³-hybridized carbons (Fsp3) is 0.500. The molecule has 0 aliphatic carbocycles. The van der Waals surface area contributed by atoms with E-state index in [1.54, 1.807) is 0 Å². The molecule has 76 valence electrons. The molecule has 0 bridgehead atoms. The molecule has 0 spiro atoms. The monoisotopic (exact) mass is 195 g/mol. The molecule has 2 heterocycles. The topological polar surface area (TPSA) is 62.5 Å². The molecule has 2 rings (SSSR count). The predicted molar refractivity (Wildman–Crippen MR) is 50.3 cm³/mol. The smallest absolute Gasteiger partial charge is 0.311 e. The van der Waals surface area contributed by atoms with E-state index in [2.05, 4.69) is 5.32 Å². The first-order valence-corrected chi connectivity index (χ1v) is 4.78. The summed E-state index contributed by atoms with van der Waals surface area (Å²) in [6, 6.07) is 1.87. The first-order valence-electron chi connectivity index (χ1n) is 4.78. The molecule has 4 heteroatoms. The van der Waals surface area contributed by atoms with Crippen LogP contribution in [-0.2, 0) is 24.1 Å². The minimum Gasteiger partial charge on any atom is -0.481 e. The predicted octanol–water partition coefficient (Wildman–Crippen LogP) is 0.595. The molecule has 2 N–H and O–H groups in total.